The van der Waals surface area contributed by atoms with Gasteiger partial charge < -0.3 is 9.84 Å². The van der Waals surface area contributed by atoms with Crippen LogP contribution in [0.1, 0.15) is 32.6 Å². The Morgan fingerprint density at radius 1 is 1.29 bits per heavy atom. The van der Waals surface area contributed by atoms with Gasteiger partial charge in [-0.25, -0.2) is 0 Å². The van der Waals surface area contributed by atoms with Crippen molar-refractivity contribution < 1.29 is 19.4 Å². The third-order valence-corrected chi connectivity index (χ3v) is 1.38. The summed E-state index contributed by atoms with van der Waals surface area (Å²) in [6.07, 6.45) is 1.18. The maximum atomic E-state index is 10.9. The SMILES string of the molecule is CCC#CCOC(=O)CCCC(=O)O. The standard InChI is InChI=1S/C10H14O4/c1-2-3-4-8-14-10(13)7-5-6-9(11)12/h2,5-8H2,1H3,(H,11,12). The van der Waals surface area contributed by atoms with Gasteiger partial charge in [0.2, 0.25) is 0 Å². The maximum absolute atomic E-state index is 10.9. The number of hydrogen-bond donors (Lipinski definition) is 1. The molecule has 0 aliphatic rings. The molecule has 4 nitrogen and oxygen atoms in total. The third kappa shape index (κ3) is 8.60. The topological polar surface area (TPSA) is 63.6 Å². The second-order valence-corrected chi connectivity index (χ2v) is 2.62. The minimum Gasteiger partial charge on any atom is -0.481 e. The van der Waals surface area contributed by atoms with E-state index < -0.39 is 11.9 Å². The van der Waals surface area contributed by atoms with Gasteiger partial charge in [-0.05, 0) is 6.42 Å². The molecule has 0 atom stereocenters. The molecule has 1 N–H and O–H groups in total. The molecular formula is C10H14O4. The first-order valence-corrected chi connectivity index (χ1v) is 4.50. The molecule has 0 aliphatic heterocycles. The highest BCUT2D eigenvalue weighted by atomic mass is 16.5. The van der Waals surface area contributed by atoms with Gasteiger partial charge in [0.25, 0.3) is 0 Å². The highest BCUT2D eigenvalue weighted by Crippen LogP contribution is 1.97. The van der Waals surface area contributed by atoms with E-state index in [2.05, 4.69) is 11.8 Å². The van der Waals surface area contributed by atoms with Crippen LogP contribution in [0, 0.1) is 11.8 Å². The lowest BCUT2D eigenvalue weighted by molar-refractivity contribution is -0.142. The Balaban J connectivity index is 3.41. The van der Waals surface area contributed by atoms with Crippen LogP contribution >= 0.6 is 0 Å². The molecule has 0 radical (unpaired) electrons. The summed E-state index contributed by atoms with van der Waals surface area (Å²) in [6, 6.07) is 0. The van der Waals surface area contributed by atoms with Gasteiger partial charge in [-0.15, -0.1) is 5.92 Å². The highest BCUT2D eigenvalue weighted by Gasteiger charge is 2.03. The van der Waals surface area contributed by atoms with Gasteiger partial charge in [0.15, 0.2) is 6.61 Å². The highest BCUT2D eigenvalue weighted by molar-refractivity contribution is 5.71. The van der Waals surface area contributed by atoms with Crippen molar-refractivity contribution in [1.82, 2.24) is 0 Å². The molecule has 0 saturated carbocycles. The molecule has 0 rings (SSSR count). The molecule has 0 aliphatic carbocycles. The summed E-state index contributed by atoms with van der Waals surface area (Å²) in [4.78, 5) is 21.0. The van der Waals surface area contributed by atoms with E-state index in [1.807, 2.05) is 6.92 Å². The Morgan fingerprint density at radius 2 is 2.00 bits per heavy atom. The van der Waals surface area contributed by atoms with Crippen molar-refractivity contribution in [3.63, 3.8) is 0 Å². The van der Waals surface area contributed by atoms with Gasteiger partial charge >= 0.3 is 11.9 Å². The van der Waals surface area contributed by atoms with Crippen LogP contribution in [0.5, 0.6) is 0 Å². The van der Waals surface area contributed by atoms with Crippen LogP contribution in [-0.4, -0.2) is 23.7 Å². The molecule has 78 valence electrons. The molecule has 0 amide bonds. The van der Waals surface area contributed by atoms with Gasteiger partial charge in [0.1, 0.15) is 0 Å². The summed E-state index contributed by atoms with van der Waals surface area (Å²) in [5.74, 6) is 4.12. The number of carboxylic acids is 1. The zero-order chi connectivity index (χ0) is 10.8. The minimum atomic E-state index is -0.899. The van der Waals surface area contributed by atoms with Crippen LogP contribution < -0.4 is 0 Å². The van der Waals surface area contributed by atoms with E-state index in [1.165, 1.54) is 0 Å². The molecule has 0 saturated heterocycles. The Labute approximate surface area is 83.3 Å². The van der Waals surface area contributed by atoms with Gasteiger partial charge in [-0.3, -0.25) is 9.59 Å². The van der Waals surface area contributed by atoms with Crippen molar-refractivity contribution in [2.24, 2.45) is 0 Å². The van der Waals surface area contributed by atoms with Gasteiger partial charge in [0.05, 0.1) is 0 Å². The summed E-state index contributed by atoms with van der Waals surface area (Å²) < 4.78 is 4.72. The average Bonchev–Trinajstić information content (AvgIpc) is 2.12. The lowest BCUT2D eigenvalue weighted by Gasteiger charge is -1.98. The normalized spacial score (nSPS) is 8.64. The van der Waals surface area contributed by atoms with E-state index in [9.17, 15) is 9.59 Å². The van der Waals surface area contributed by atoms with Crippen LogP contribution in [0.2, 0.25) is 0 Å². The fourth-order valence-corrected chi connectivity index (χ4v) is 0.749. The number of carbonyl (C=O) groups excluding carboxylic acids is 1. The van der Waals surface area contributed by atoms with Crippen molar-refractivity contribution in [2.45, 2.75) is 32.6 Å². The predicted octanol–water partition coefficient (Wildman–Crippen LogP) is 1.20. The van der Waals surface area contributed by atoms with E-state index in [4.69, 9.17) is 9.84 Å². The van der Waals surface area contributed by atoms with E-state index >= 15 is 0 Å². The van der Waals surface area contributed by atoms with Gasteiger partial charge in [-0.1, -0.05) is 12.8 Å². The number of rotatable bonds is 5. The lowest BCUT2D eigenvalue weighted by Crippen LogP contribution is -2.05. The molecular weight excluding hydrogens is 184 g/mol. The van der Waals surface area contributed by atoms with E-state index in [0.29, 0.717) is 6.42 Å². The molecule has 0 bridgehead atoms. The fourth-order valence-electron chi connectivity index (χ4n) is 0.749. The van der Waals surface area contributed by atoms with Crippen molar-refractivity contribution in [3.05, 3.63) is 0 Å². The third-order valence-electron chi connectivity index (χ3n) is 1.38. The second-order valence-electron chi connectivity index (χ2n) is 2.62. The number of esters is 1. The van der Waals surface area contributed by atoms with E-state index in [0.717, 1.165) is 6.42 Å². The van der Waals surface area contributed by atoms with Crippen LogP contribution in [0.4, 0.5) is 0 Å². The summed E-state index contributed by atoms with van der Waals surface area (Å²) in [5, 5.41) is 8.30. The first-order valence-electron chi connectivity index (χ1n) is 4.50. The summed E-state index contributed by atoms with van der Waals surface area (Å²) in [5.41, 5.74) is 0. The second kappa shape index (κ2) is 8.11. The van der Waals surface area contributed by atoms with Crippen LogP contribution in [0.15, 0.2) is 0 Å². The molecule has 0 spiro atoms. The molecule has 14 heavy (non-hydrogen) atoms. The molecule has 4 heteroatoms. The first kappa shape index (κ1) is 12.5. The zero-order valence-corrected chi connectivity index (χ0v) is 8.21. The van der Waals surface area contributed by atoms with Crippen molar-refractivity contribution in [1.29, 1.82) is 0 Å². The molecule has 0 unspecified atom stereocenters. The molecule has 0 aromatic carbocycles. The summed E-state index contributed by atoms with van der Waals surface area (Å²) in [6.45, 7) is 2.00. The molecule has 0 aromatic heterocycles. The Morgan fingerprint density at radius 3 is 2.57 bits per heavy atom. The van der Waals surface area contributed by atoms with Crippen molar-refractivity contribution >= 4 is 11.9 Å². The summed E-state index contributed by atoms with van der Waals surface area (Å²) >= 11 is 0. The number of hydrogen-bond acceptors (Lipinski definition) is 3. The van der Waals surface area contributed by atoms with Crippen LogP contribution in [0.3, 0.4) is 0 Å². The Bertz CT molecular complexity index is 247. The van der Waals surface area contributed by atoms with Crippen molar-refractivity contribution in [2.75, 3.05) is 6.61 Å². The van der Waals surface area contributed by atoms with Crippen LogP contribution in [-0.2, 0) is 14.3 Å². The largest absolute Gasteiger partial charge is 0.481 e. The van der Waals surface area contributed by atoms with Crippen molar-refractivity contribution in [3.8, 4) is 11.8 Å². The zero-order valence-electron chi connectivity index (χ0n) is 8.21. The molecule has 0 heterocycles. The van der Waals surface area contributed by atoms with E-state index in [1.54, 1.807) is 0 Å². The fraction of sp³-hybridized carbons (Fsp3) is 0.600. The Hall–Kier alpha value is -1.50. The van der Waals surface area contributed by atoms with E-state index in [-0.39, 0.29) is 19.4 Å². The molecule has 0 fully saturated rings. The lowest BCUT2D eigenvalue weighted by atomic mass is 10.2. The summed E-state index contributed by atoms with van der Waals surface area (Å²) in [7, 11) is 0. The number of carboxylic acid groups (broad SMARTS) is 1. The van der Waals surface area contributed by atoms with Crippen LogP contribution in [0.25, 0.3) is 0 Å². The average molecular weight is 198 g/mol. The Kier molecular flexibility index (Phi) is 7.24. The smallest absolute Gasteiger partial charge is 0.306 e. The predicted molar refractivity (Wildman–Crippen MR) is 50.5 cm³/mol. The first-order chi connectivity index (χ1) is 6.66. The monoisotopic (exact) mass is 198 g/mol. The quantitative estimate of drug-likeness (QED) is 0.532. The number of ether oxygens (including phenoxy) is 1. The number of aliphatic carboxylic acids is 1. The molecule has 0 aromatic rings. The number of carbonyl (C=O) groups is 2. The van der Waals surface area contributed by atoms with Gasteiger partial charge in [0, 0.05) is 19.3 Å². The minimum absolute atomic E-state index is 0.00423. The maximum Gasteiger partial charge on any atom is 0.306 e. The van der Waals surface area contributed by atoms with Gasteiger partial charge in [-0.2, -0.15) is 0 Å².